The van der Waals surface area contributed by atoms with Crippen LogP contribution in [0.5, 0.6) is 0 Å². The molecule has 2 fully saturated rings. The van der Waals surface area contributed by atoms with E-state index in [-0.39, 0.29) is 48.6 Å². The molecule has 3 aliphatic rings. The molecule has 5 N–H and O–H groups in total. The minimum atomic E-state index is -1.05. The fraction of sp³-hybridized carbons (Fsp3) is 0.622. The lowest BCUT2D eigenvalue weighted by Gasteiger charge is -2.36. The first-order chi connectivity index (χ1) is 23.5. The summed E-state index contributed by atoms with van der Waals surface area (Å²) in [7, 11) is 1.45. The molecule has 4 rings (SSSR count). The van der Waals surface area contributed by atoms with Gasteiger partial charge in [-0.3, -0.25) is 19.2 Å². The Labute approximate surface area is 295 Å². The van der Waals surface area contributed by atoms with Crippen molar-refractivity contribution in [3.8, 4) is 0 Å². The predicted molar refractivity (Wildman–Crippen MR) is 188 cm³/mol. The van der Waals surface area contributed by atoms with Gasteiger partial charge in [-0.05, 0) is 59.0 Å². The third-order valence-electron chi connectivity index (χ3n) is 10.6. The lowest BCUT2D eigenvalue weighted by molar-refractivity contribution is -0.144. The first-order valence-corrected chi connectivity index (χ1v) is 17.6. The van der Waals surface area contributed by atoms with Gasteiger partial charge in [0.1, 0.15) is 18.7 Å². The van der Waals surface area contributed by atoms with Gasteiger partial charge in [-0.1, -0.05) is 78.3 Å². The molecule has 0 aromatic heterocycles. The average molecular weight is 695 g/mol. The number of ketones is 1. The van der Waals surface area contributed by atoms with E-state index in [1.807, 2.05) is 52.0 Å². The number of hydrogen-bond donors (Lipinski definition) is 5. The number of carbonyl (C=O) groups is 6. The summed E-state index contributed by atoms with van der Waals surface area (Å²) in [5.74, 6) is -2.80. The number of fused-ring (bicyclic) bond motifs is 2. The van der Waals surface area contributed by atoms with Crippen molar-refractivity contribution < 1.29 is 33.5 Å². The largest absolute Gasteiger partial charge is 0.447 e. The molecule has 1 aromatic rings. The molecule has 13 nitrogen and oxygen atoms in total. The maximum atomic E-state index is 14.7. The molecule has 13 heteroatoms. The maximum absolute atomic E-state index is 14.7. The van der Waals surface area contributed by atoms with Crippen molar-refractivity contribution in [1.29, 1.82) is 0 Å². The molecule has 1 aromatic carbocycles. The maximum Gasteiger partial charge on any atom is 0.406 e. The zero-order chi connectivity index (χ0) is 37.0. The Balaban J connectivity index is 1.59. The quantitative estimate of drug-likeness (QED) is 0.147. The lowest BCUT2D eigenvalue weighted by Crippen LogP contribution is -2.61. The Bertz CT molecular complexity index is 1460. The Hall–Kier alpha value is -4.42. The number of hydrogen-bond acceptors (Lipinski definition) is 7. The fourth-order valence-corrected chi connectivity index (χ4v) is 7.51. The molecule has 0 bridgehead atoms. The van der Waals surface area contributed by atoms with Gasteiger partial charge in [-0.25, -0.2) is 9.59 Å². The van der Waals surface area contributed by atoms with Crippen LogP contribution in [0.3, 0.4) is 0 Å². The Kier molecular flexibility index (Phi) is 12.0. The number of ether oxygens (including phenoxy) is 1. The average Bonchev–Trinajstić information content (AvgIpc) is 3.43. The van der Waals surface area contributed by atoms with Gasteiger partial charge < -0.3 is 36.2 Å². The monoisotopic (exact) mass is 694 g/mol. The van der Waals surface area contributed by atoms with Gasteiger partial charge in [0, 0.05) is 20.1 Å². The summed E-state index contributed by atoms with van der Waals surface area (Å²) in [6, 6.07) is 3.84. The van der Waals surface area contributed by atoms with Crippen LogP contribution in [0.4, 0.5) is 9.59 Å². The number of rotatable bonds is 14. The highest BCUT2D eigenvalue weighted by molar-refractivity contribution is 6.38. The van der Waals surface area contributed by atoms with Crippen LogP contribution in [0, 0.1) is 28.6 Å². The number of amides is 6. The molecule has 1 saturated heterocycles. The molecular formula is C37H54N6O7. The Morgan fingerprint density at radius 2 is 1.68 bits per heavy atom. The predicted octanol–water partition coefficient (Wildman–Crippen LogP) is 2.48. The number of urea groups is 1. The first kappa shape index (κ1) is 38.4. The summed E-state index contributed by atoms with van der Waals surface area (Å²) in [6.07, 6.45) is 2.76. The van der Waals surface area contributed by atoms with E-state index < -0.39 is 59.3 Å². The highest BCUT2D eigenvalue weighted by atomic mass is 16.5. The fourth-order valence-electron chi connectivity index (χ4n) is 7.51. The lowest BCUT2D eigenvalue weighted by atomic mass is 9.87. The summed E-state index contributed by atoms with van der Waals surface area (Å²) < 4.78 is 5.27. The number of Topliss-reactive ketones (excluding diaryl/α,β-unsaturated/α-hetero) is 1. The normalized spacial score (nSPS) is 22.1. The molecular weight excluding hydrogens is 640 g/mol. The topological polar surface area (TPSA) is 175 Å². The number of nitrogens with zero attached hydrogens (tertiary/aromatic N) is 1. The van der Waals surface area contributed by atoms with Crippen LogP contribution in [-0.4, -0.2) is 91.4 Å². The molecule has 50 heavy (non-hydrogen) atoms. The second-order valence-electron chi connectivity index (χ2n) is 15.4. The molecule has 0 radical (unpaired) electrons. The number of piperidine rings is 1. The van der Waals surface area contributed by atoms with Gasteiger partial charge in [-0.2, -0.15) is 0 Å². The van der Waals surface area contributed by atoms with Crippen LogP contribution in [-0.2, 0) is 36.8 Å². The van der Waals surface area contributed by atoms with Crippen molar-refractivity contribution in [2.24, 2.45) is 28.6 Å². The molecule has 6 atom stereocenters. The zero-order valence-corrected chi connectivity index (χ0v) is 30.4. The van der Waals surface area contributed by atoms with E-state index in [0.29, 0.717) is 25.8 Å². The van der Waals surface area contributed by atoms with Gasteiger partial charge in [-0.15, -0.1) is 6.58 Å². The standard InChI is InChI=1S/C37H54N6O7/c1-9-13-25(30(44)32(46)39-16-10-2)40-31(45)29-27-24(37(27,6)7)19-43(29)33(47)28(23-17-21-14-11-12-15-22(21)18-23)42-34(48)41-26(36(3,4)5)20-50-35(49)38-8/h10-12,14-15,23-29H,2,9,13,16-20H2,1,3-8H3,(H,38,49)(H,39,46)(H,40,45)(H2,41,42,48)/t24-,25?,26+,27-,28?,29?/m0/s1. The summed E-state index contributed by atoms with van der Waals surface area (Å²) >= 11 is 0. The molecule has 1 saturated carbocycles. The van der Waals surface area contributed by atoms with Crippen molar-refractivity contribution in [2.75, 3.05) is 26.7 Å². The van der Waals surface area contributed by atoms with Crippen molar-refractivity contribution in [3.63, 3.8) is 0 Å². The van der Waals surface area contributed by atoms with Crippen LogP contribution >= 0.6 is 0 Å². The zero-order valence-electron chi connectivity index (χ0n) is 30.4. The van der Waals surface area contributed by atoms with Crippen molar-refractivity contribution in [2.45, 2.75) is 91.4 Å². The van der Waals surface area contributed by atoms with E-state index in [1.165, 1.54) is 13.1 Å². The molecule has 6 amide bonds. The van der Waals surface area contributed by atoms with E-state index in [9.17, 15) is 28.8 Å². The van der Waals surface area contributed by atoms with Crippen molar-refractivity contribution in [3.05, 3.63) is 48.0 Å². The van der Waals surface area contributed by atoms with E-state index in [2.05, 4.69) is 47.0 Å². The highest BCUT2D eigenvalue weighted by Gasteiger charge is 2.69. The molecule has 2 aliphatic carbocycles. The minimum absolute atomic E-state index is 0.0563. The van der Waals surface area contributed by atoms with Crippen LogP contribution in [0.2, 0.25) is 0 Å². The SMILES string of the molecule is C=CCNC(=O)C(=O)C(CCC)NC(=O)C1[C@@H]2[C@H](CN1C(=O)C(NC(=O)N[C@H](COC(=O)NC)C(C)(C)C)C1Cc3ccccc3C1)C2(C)C. The van der Waals surface area contributed by atoms with Gasteiger partial charge in [0.15, 0.2) is 0 Å². The first-order valence-electron chi connectivity index (χ1n) is 17.6. The van der Waals surface area contributed by atoms with Crippen LogP contribution in [0.1, 0.15) is 65.5 Å². The molecule has 0 spiro atoms. The molecule has 3 unspecified atom stereocenters. The Morgan fingerprint density at radius 1 is 1.04 bits per heavy atom. The number of alkyl carbamates (subject to hydrolysis) is 1. The third-order valence-corrected chi connectivity index (χ3v) is 10.6. The van der Waals surface area contributed by atoms with Gasteiger partial charge in [0.2, 0.25) is 17.6 Å². The smallest absolute Gasteiger partial charge is 0.406 e. The Morgan fingerprint density at radius 3 is 2.24 bits per heavy atom. The van der Waals surface area contributed by atoms with E-state index in [0.717, 1.165) is 11.1 Å². The molecule has 1 heterocycles. The van der Waals surface area contributed by atoms with Gasteiger partial charge in [0.25, 0.3) is 5.91 Å². The summed E-state index contributed by atoms with van der Waals surface area (Å²) in [5.41, 5.74) is 1.49. The second-order valence-corrected chi connectivity index (χ2v) is 15.4. The van der Waals surface area contributed by atoms with Crippen molar-refractivity contribution >= 4 is 35.6 Å². The number of nitrogens with one attached hydrogen (secondary N) is 5. The van der Waals surface area contributed by atoms with Gasteiger partial charge in [0.05, 0.1) is 12.1 Å². The summed E-state index contributed by atoms with van der Waals surface area (Å²) in [6.45, 7) is 15.6. The molecule has 274 valence electrons. The van der Waals surface area contributed by atoms with Crippen LogP contribution in [0.15, 0.2) is 36.9 Å². The number of likely N-dealkylation sites (tertiary alicyclic amines) is 1. The second kappa shape index (κ2) is 15.6. The van der Waals surface area contributed by atoms with E-state index >= 15 is 0 Å². The number of benzene rings is 1. The summed E-state index contributed by atoms with van der Waals surface area (Å²) in [4.78, 5) is 81.5. The van der Waals surface area contributed by atoms with E-state index in [1.54, 1.807) is 4.90 Å². The highest BCUT2D eigenvalue weighted by Crippen LogP contribution is 2.65. The van der Waals surface area contributed by atoms with Crippen molar-refractivity contribution in [1.82, 2.24) is 31.5 Å². The van der Waals surface area contributed by atoms with Gasteiger partial charge >= 0.3 is 12.1 Å². The molecule has 1 aliphatic heterocycles. The third kappa shape index (κ3) is 8.47. The number of carbonyl (C=O) groups excluding carboxylic acids is 6. The van der Waals surface area contributed by atoms with E-state index in [4.69, 9.17) is 4.74 Å². The van der Waals surface area contributed by atoms with Crippen LogP contribution < -0.4 is 26.6 Å². The van der Waals surface area contributed by atoms with Crippen LogP contribution in [0.25, 0.3) is 0 Å². The minimum Gasteiger partial charge on any atom is -0.447 e. The summed E-state index contributed by atoms with van der Waals surface area (Å²) in [5, 5.41) is 13.6.